The lowest BCUT2D eigenvalue weighted by atomic mass is 10.3. The Bertz CT molecular complexity index is 132. The zero-order valence-corrected chi connectivity index (χ0v) is 8.89. The maximum Gasteiger partial charge on any atom is 0.0698 e. The van der Waals surface area contributed by atoms with Crippen molar-refractivity contribution in [3.63, 3.8) is 0 Å². The van der Waals surface area contributed by atoms with Gasteiger partial charge in [-0.1, -0.05) is 0 Å². The molecule has 0 saturated carbocycles. The third-order valence-electron chi connectivity index (χ3n) is 2.10. The summed E-state index contributed by atoms with van der Waals surface area (Å²) in [5, 5.41) is 9.10. The summed E-state index contributed by atoms with van der Waals surface area (Å²) in [6.45, 7) is 4.33. The highest BCUT2D eigenvalue weighted by Crippen LogP contribution is 2.25. The average Bonchev–Trinajstić information content (AvgIpc) is 2.52. The predicted octanol–water partition coefficient (Wildman–Crippen LogP) is 0.906. The first-order valence-corrected chi connectivity index (χ1v) is 5.81. The van der Waals surface area contributed by atoms with Gasteiger partial charge in [0.2, 0.25) is 0 Å². The van der Waals surface area contributed by atoms with Crippen molar-refractivity contribution in [3.05, 3.63) is 0 Å². The Kier molecular flexibility index (Phi) is 5.78. The molecule has 0 aliphatic carbocycles. The van der Waals surface area contributed by atoms with Crippen LogP contribution in [-0.2, 0) is 9.47 Å². The molecule has 3 nitrogen and oxygen atoms in total. The molecule has 2 atom stereocenters. The summed E-state index contributed by atoms with van der Waals surface area (Å²) in [5.74, 6) is 0.998. The number of rotatable bonds is 6. The van der Waals surface area contributed by atoms with Gasteiger partial charge in [-0.05, 0) is 13.3 Å². The Morgan fingerprint density at radius 2 is 2.38 bits per heavy atom. The fourth-order valence-corrected chi connectivity index (χ4v) is 2.49. The minimum absolute atomic E-state index is 0.119. The third-order valence-corrected chi connectivity index (χ3v) is 3.55. The highest BCUT2D eigenvalue weighted by atomic mass is 32.2. The van der Waals surface area contributed by atoms with E-state index in [0.29, 0.717) is 18.0 Å². The highest BCUT2D eigenvalue weighted by Gasteiger charge is 2.23. The summed E-state index contributed by atoms with van der Waals surface area (Å²) in [6.07, 6.45) is 1.55. The van der Waals surface area contributed by atoms with E-state index in [1.165, 1.54) is 0 Å². The second-order valence-electron chi connectivity index (χ2n) is 3.11. The minimum Gasteiger partial charge on any atom is -0.394 e. The van der Waals surface area contributed by atoms with E-state index in [1.54, 1.807) is 0 Å². The zero-order valence-electron chi connectivity index (χ0n) is 8.07. The predicted molar refractivity (Wildman–Crippen MR) is 54.2 cm³/mol. The van der Waals surface area contributed by atoms with E-state index in [2.05, 4.69) is 6.92 Å². The van der Waals surface area contributed by atoms with Crippen LogP contribution in [0.15, 0.2) is 0 Å². The molecule has 2 unspecified atom stereocenters. The molecule has 1 aliphatic heterocycles. The summed E-state index contributed by atoms with van der Waals surface area (Å²) in [4.78, 5) is 0. The van der Waals surface area contributed by atoms with Gasteiger partial charge in [0.05, 0.1) is 25.9 Å². The summed E-state index contributed by atoms with van der Waals surface area (Å²) >= 11 is 1.91. The molecule has 1 fully saturated rings. The minimum atomic E-state index is 0.119. The molecule has 0 aromatic heterocycles. The van der Waals surface area contributed by atoms with Crippen LogP contribution in [0.5, 0.6) is 0 Å². The second kappa shape index (κ2) is 6.65. The summed E-state index contributed by atoms with van der Waals surface area (Å²) in [6, 6.07) is 0. The van der Waals surface area contributed by atoms with Gasteiger partial charge in [0.25, 0.3) is 0 Å². The quantitative estimate of drug-likeness (QED) is 0.656. The topological polar surface area (TPSA) is 38.7 Å². The Hall–Kier alpha value is 0.230. The molecule has 0 aromatic rings. The molecule has 0 spiro atoms. The number of thioether (sulfide) groups is 1. The SMILES string of the molecule is CC1OCCC1SCCOCCO. The summed E-state index contributed by atoms with van der Waals surface area (Å²) < 4.78 is 10.6. The summed E-state index contributed by atoms with van der Waals surface area (Å²) in [7, 11) is 0. The van der Waals surface area contributed by atoms with Gasteiger partial charge in [-0.2, -0.15) is 11.8 Å². The second-order valence-corrected chi connectivity index (χ2v) is 4.46. The Labute approximate surface area is 83.8 Å². The lowest BCUT2D eigenvalue weighted by Gasteiger charge is -2.12. The maximum atomic E-state index is 8.47. The first-order chi connectivity index (χ1) is 6.34. The fraction of sp³-hybridized carbons (Fsp3) is 1.00. The lowest BCUT2D eigenvalue weighted by molar-refractivity contribution is 0.103. The molecule has 1 heterocycles. The number of hydrogen-bond acceptors (Lipinski definition) is 4. The lowest BCUT2D eigenvalue weighted by Crippen LogP contribution is -2.15. The van der Waals surface area contributed by atoms with Crippen molar-refractivity contribution < 1.29 is 14.6 Å². The van der Waals surface area contributed by atoms with E-state index in [4.69, 9.17) is 14.6 Å². The molecular weight excluding hydrogens is 188 g/mol. The first-order valence-electron chi connectivity index (χ1n) is 4.76. The van der Waals surface area contributed by atoms with Crippen LogP contribution in [0.25, 0.3) is 0 Å². The molecule has 1 saturated heterocycles. The van der Waals surface area contributed by atoms with Crippen molar-refractivity contribution >= 4 is 11.8 Å². The largest absolute Gasteiger partial charge is 0.394 e. The molecule has 13 heavy (non-hydrogen) atoms. The van der Waals surface area contributed by atoms with Crippen LogP contribution in [0, 0.1) is 0 Å². The molecule has 0 bridgehead atoms. The van der Waals surface area contributed by atoms with E-state index in [-0.39, 0.29) is 6.61 Å². The van der Waals surface area contributed by atoms with Crippen molar-refractivity contribution in [2.24, 2.45) is 0 Å². The van der Waals surface area contributed by atoms with Crippen LogP contribution in [0.3, 0.4) is 0 Å². The van der Waals surface area contributed by atoms with Crippen LogP contribution in [0.4, 0.5) is 0 Å². The number of aliphatic hydroxyl groups excluding tert-OH is 1. The van der Waals surface area contributed by atoms with Gasteiger partial charge in [-0.15, -0.1) is 0 Å². The van der Waals surface area contributed by atoms with Gasteiger partial charge in [-0.3, -0.25) is 0 Å². The van der Waals surface area contributed by atoms with Crippen LogP contribution in [-0.4, -0.2) is 48.6 Å². The van der Waals surface area contributed by atoms with Crippen LogP contribution < -0.4 is 0 Å². The Morgan fingerprint density at radius 1 is 1.54 bits per heavy atom. The monoisotopic (exact) mass is 206 g/mol. The molecule has 0 aromatic carbocycles. The third kappa shape index (κ3) is 4.31. The zero-order chi connectivity index (χ0) is 9.52. The van der Waals surface area contributed by atoms with Crippen molar-refractivity contribution in [1.82, 2.24) is 0 Å². The normalized spacial score (nSPS) is 28.2. The standard InChI is InChI=1S/C9H18O3S/c1-8-9(2-4-12-8)13-7-6-11-5-3-10/h8-10H,2-7H2,1H3. The smallest absolute Gasteiger partial charge is 0.0698 e. The number of aliphatic hydroxyl groups is 1. The van der Waals surface area contributed by atoms with Gasteiger partial charge >= 0.3 is 0 Å². The Morgan fingerprint density at radius 3 is 3.00 bits per heavy atom. The summed E-state index contributed by atoms with van der Waals surface area (Å²) in [5.41, 5.74) is 0. The van der Waals surface area contributed by atoms with Gasteiger partial charge in [0.15, 0.2) is 0 Å². The molecule has 4 heteroatoms. The van der Waals surface area contributed by atoms with Crippen LogP contribution in [0.1, 0.15) is 13.3 Å². The van der Waals surface area contributed by atoms with Crippen LogP contribution in [0.2, 0.25) is 0 Å². The number of hydrogen-bond donors (Lipinski definition) is 1. The van der Waals surface area contributed by atoms with Crippen molar-refractivity contribution in [3.8, 4) is 0 Å². The van der Waals surface area contributed by atoms with Gasteiger partial charge in [-0.25, -0.2) is 0 Å². The van der Waals surface area contributed by atoms with E-state index in [0.717, 1.165) is 25.4 Å². The number of ether oxygens (including phenoxy) is 2. The highest BCUT2D eigenvalue weighted by molar-refractivity contribution is 7.99. The molecule has 0 radical (unpaired) electrons. The van der Waals surface area contributed by atoms with Crippen molar-refractivity contribution in [1.29, 1.82) is 0 Å². The van der Waals surface area contributed by atoms with Crippen LogP contribution >= 0.6 is 11.8 Å². The van der Waals surface area contributed by atoms with Crippen molar-refractivity contribution in [2.45, 2.75) is 24.7 Å². The van der Waals surface area contributed by atoms with E-state index < -0.39 is 0 Å². The van der Waals surface area contributed by atoms with E-state index in [9.17, 15) is 0 Å². The van der Waals surface area contributed by atoms with Gasteiger partial charge < -0.3 is 14.6 Å². The Balaban J connectivity index is 1.93. The molecule has 1 aliphatic rings. The van der Waals surface area contributed by atoms with Gasteiger partial charge in [0, 0.05) is 17.6 Å². The van der Waals surface area contributed by atoms with E-state index >= 15 is 0 Å². The van der Waals surface area contributed by atoms with Gasteiger partial charge in [0.1, 0.15) is 0 Å². The molecule has 0 amide bonds. The molecule has 1 N–H and O–H groups in total. The first kappa shape index (κ1) is 11.3. The average molecular weight is 206 g/mol. The fourth-order valence-electron chi connectivity index (χ4n) is 1.36. The maximum absolute atomic E-state index is 8.47. The molecule has 78 valence electrons. The van der Waals surface area contributed by atoms with Crippen molar-refractivity contribution in [2.75, 3.05) is 32.2 Å². The van der Waals surface area contributed by atoms with E-state index in [1.807, 2.05) is 11.8 Å². The molecular formula is C9H18O3S. The molecule has 1 rings (SSSR count).